The zero-order valence-electron chi connectivity index (χ0n) is 17.5. The highest BCUT2D eigenvalue weighted by Gasteiger charge is 2.37. The molecule has 8 nitrogen and oxygen atoms in total. The highest BCUT2D eigenvalue weighted by atomic mass is 19.1. The third-order valence-corrected chi connectivity index (χ3v) is 6.40. The van der Waals surface area contributed by atoms with E-state index in [1.54, 1.807) is 21.8 Å². The molecule has 33 heavy (non-hydrogen) atoms. The highest BCUT2D eigenvalue weighted by Crippen LogP contribution is 2.36. The summed E-state index contributed by atoms with van der Waals surface area (Å²) in [5.74, 6) is 0.118. The molecule has 0 bridgehead atoms. The lowest BCUT2D eigenvalue weighted by atomic mass is 9.89. The Bertz CT molecular complexity index is 1340. The van der Waals surface area contributed by atoms with Gasteiger partial charge >= 0.3 is 5.69 Å². The first-order valence-electron chi connectivity index (χ1n) is 10.8. The third-order valence-electron chi connectivity index (χ3n) is 6.40. The smallest absolute Gasteiger partial charge is 0.346 e. The Balaban J connectivity index is 1.14. The van der Waals surface area contributed by atoms with Crippen LogP contribution in [0.15, 0.2) is 59.9 Å². The molecular formula is C23H20F2N6O2. The standard InChI is InChI=1S/C23H20F2N6O2/c24-15-7-14(8-16(25)9-15)21-5-6-22-28-31(23(32)30(21)22)18-10-20(11-18)33-19-3-1-17(2-4-19)29-12-26-27-13-29/h1-4,7-9,12-13,18,20-21H,5-6,10-11H2/t18?,20?,21-/m0/s1. The predicted octanol–water partition coefficient (Wildman–Crippen LogP) is 3.22. The Labute approximate surface area is 187 Å². The molecule has 1 aliphatic carbocycles. The fourth-order valence-electron chi connectivity index (χ4n) is 4.69. The number of fused-ring (bicyclic) bond motifs is 1. The van der Waals surface area contributed by atoms with Crippen LogP contribution in [0.5, 0.6) is 5.75 Å². The molecule has 1 fully saturated rings. The van der Waals surface area contributed by atoms with Crippen molar-refractivity contribution in [2.75, 3.05) is 0 Å². The first kappa shape index (κ1) is 19.8. The maximum Gasteiger partial charge on any atom is 0.346 e. The third kappa shape index (κ3) is 3.51. The maximum atomic E-state index is 13.7. The molecule has 0 spiro atoms. The lowest BCUT2D eigenvalue weighted by Gasteiger charge is -2.34. The Hall–Kier alpha value is -3.82. The number of rotatable bonds is 5. The van der Waals surface area contributed by atoms with Gasteiger partial charge in [0.05, 0.1) is 12.1 Å². The molecular weight excluding hydrogens is 430 g/mol. The zero-order valence-corrected chi connectivity index (χ0v) is 17.5. The summed E-state index contributed by atoms with van der Waals surface area (Å²) in [5.41, 5.74) is 1.15. The molecule has 168 valence electrons. The van der Waals surface area contributed by atoms with Crippen molar-refractivity contribution in [1.29, 1.82) is 0 Å². The van der Waals surface area contributed by atoms with E-state index in [0.717, 1.165) is 17.5 Å². The second-order valence-corrected chi connectivity index (χ2v) is 8.50. The molecule has 4 aromatic rings. The van der Waals surface area contributed by atoms with Gasteiger partial charge in [-0.15, -0.1) is 10.2 Å². The largest absolute Gasteiger partial charge is 0.490 e. The molecule has 3 heterocycles. The number of ether oxygens (including phenoxy) is 1. The summed E-state index contributed by atoms with van der Waals surface area (Å²) in [6.45, 7) is 0. The summed E-state index contributed by atoms with van der Waals surface area (Å²) in [6, 6.07) is 10.6. The van der Waals surface area contributed by atoms with E-state index in [0.29, 0.717) is 37.1 Å². The fourth-order valence-corrected chi connectivity index (χ4v) is 4.69. The van der Waals surface area contributed by atoms with E-state index in [1.165, 1.54) is 16.8 Å². The molecule has 6 rings (SSSR count). The molecule has 2 aromatic heterocycles. The molecule has 1 saturated carbocycles. The number of aromatic nitrogens is 6. The molecule has 10 heteroatoms. The summed E-state index contributed by atoms with van der Waals surface area (Å²) in [6.07, 6.45) is 5.78. The van der Waals surface area contributed by atoms with Crippen molar-refractivity contribution >= 4 is 0 Å². The second kappa shape index (κ2) is 7.65. The van der Waals surface area contributed by atoms with Gasteiger partial charge in [0.2, 0.25) is 0 Å². The lowest BCUT2D eigenvalue weighted by molar-refractivity contribution is 0.0623. The number of benzene rings is 2. The Morgan fingerprint density at radius 3 is 2.36 bits per heavy atom. The summed E-state index contributed by atoms with van der Waals surface area (Å²) in [5, 5.41) is 12.1. The van der Waals surface area contributed by atoms with Gasteiger partial charge in [-0.1, -0.05) is 0 Å². The van der Waals surface area contributed by atoms with Crippen LogP contribution in [0, 0.1) is 11.6 Å². The van der Waals surface area contributed by atoms with Crippen molar-refractivity contribution in [2.24, 2.45) is 0 Å². The van der Waals surface area contributed by atoms with E-state index >= 15 is 0 Å². The van der Waals surface area contributed by atoms with Gasteiger partial charge in [0, 0.05) is 31.0 Å². The van der Waals surface area contributed by atoms with Crippen LogP contribution in [0.2, 0.25) is 0 Å². The SMILES string of the molecule is O=c1n(C2CC(Oc3ccc(-n4cnnc4)cc3)C2)nc2n1[C@H](c1cc(F)cc(F)c1)CC2. The summed E-state index contributed by atoms with van der Waals surface area (Å²) >= 11 is 0. The van der Waals surface area contributed by atoms with Gasteiger partial charge in [0.15, 0.2) is 0 Å². The van der Waals surface area contributed by atoms with Crippen LogP contribution in [-0.4, -0.2) is 35.2 Å². The van der Waals surface area contributed by atoms with Gasteiger partial charge in [0.1, 0.15) is 42.0 Å². The minimum absolute atomic E-state index is 0.00712. The number of halogens is 2. The zero-order chi connectivity index (χ0) is 22.5. The molecule has 0 radical (unpaired) electrons. The number of aryl methyl sites for hydroxylation is 1. The van der Waals surface area contributed by atoms with Crippen molar-refractivity contribution in [1.82, 2.24) is 29.1 Å². The van der Waals surface area contributed by atoms with Gasteiger partial charge in [-0.05, 0) is 48.4 Å². The second-order valence-electron chi connectivity index (χ2n) is 8.50. The van der Waals surface area contributed by atoms with Gasteiger partial charge in [-0.3, -0.25) is 9.13 Å². The number of hydrogen-bond donors (Lipinski definition) is 0. The van der Waals surface area contributed by atoms with E-state index in [9.17, 15) is 13.6 Å². The average molecular weight is 450 g/mol. The number of hydrogen-bond acceptors (Lipinski definition) is 5. The molecule has 2 aromatic carbocycles. The molecule has 1 aliphatic heterocycles. The molecule has 2 aliphatic rings. The van der Waals surface area contributed by atoms with Crippen molar-refractivity contribution in [3.05, 3.63) is 88.6 Å². The monoisotopic (exact) mass is 450 g/mol. The summed E-state index contributed by atoms with van der Waals surface area (Å²) in [7, 11) is 0. The van der Waals surface area contributed by atoms with Crippen LogP contribution < -0.4 is 10.4 Å². The van der Waals surface area contributed by atoms with Gasteiger partial charge in [0.25, 0.3) is 0 Å². The van der Waals surface area contributed by atoms with E-state index in [1.807, 2.05) is 24.3 Å². The first-order chi connectivity index (χ1) is 16.0. The van der Waals surface area contributed by atoms with Crippen molar-refractivity contribution in [3.63, 3.8) is 0 Å². The van der Waals surface area contributed by atoms with E-state index in [2.05, 4.69) is 15.3 Å². The van der Waals surface area contributed by atoms with Crippen molar-refractivity contribution in [3.8, 4) is 11.4 Å². The average Bonchev–Trinajstić information content (AvgIpc) is 3.49. The lowest BCUT2D eigenvalue weighted by Crippen LogP contribution is -2.41. The van der Waals surface area contributed by atoms with Gasteiger partial charge in [-0.25, -0.2) is 18.3 Å². The molecule has 0 N–H and O–H groups in total. The van der Waals surface area contributed by atoms with Crippen LogP contribution >= 0.6 is 0 Å². The maximum absolute atomic E-state index is 13.7. The molecule has 0 amide bonds. The normalized spacial score (nSPS) is 21.6. The predicted molar refractivity (Wildman–Crippen MR) is 113 cm³/mol. The van der Waals surface area contributed by atoms with E-state index < -0.39 is 17.7 Å². The number of nitrogens with zero attached hydrogens (tertiary/aromatic N) is 6. The topological polar surface area (TPSA) is 79.8 Å². The Kier molecular flexibility index (Phi) is 4.60. The first-order valence-corrected chi connectivity index (χ1v) is 10.8. The Morgan fingerprint density at radius 1 is 0.970 bits per heavy atom. The highest BCUT2D eigenvalue weighted by molar-refractivity contribution is 5.37. The minimum atomic E-state index is -0.646. The molecule has 0 saturated heterocycles. The minimum Gasteiger partial charge on any atom is -0.490 e. The summed E-state index contributed by atoms with van der Waals surface area (Å²) in [4.78, 5) is 13.1. The molecule has 0 unspecified atom stereocenters. The van der Waals surface area contributed by atoms with Crippen LogP contribution in [0.4, 0.5) is 8.78 Å². The van der Waals surface area contributed by atoms with E-state index in [4.69, 9.17) is 4.74 Å². The summed E-state index contributed by atoms with van der Waals surface area (Å²) < 4.78 is 38.3. The Morgan fingerprint density at radius 2 is 1.67 bits per heavy atom. The van der Waals surface area contributed by atoms with Crippen molar-refractivity contribution in [2.45, 2.75) is 43.9 Å². The van der Waals surface area contributed by atoms with Crippen molar-refractivity contribution < 1.29 is 13.5 Å². The van der Waals surface area contributed by atoms with Crippen LogP contribution in [-0.2, 0) is 6.42 Å². The fraction of sp³-hybridized carbons (Fsp3) is 0.304. The van der Waals surface area contributed by atoms with Crippen LogP contribution in [0.3, 0.4) is 0 Å². The quantitative estimate of drug-likeness (QED) is 0.467. The van der Waals surface area contributed by atoms with Gasteiger partial charge < -0.3 is 4.74 Å². The van der Waals surface area contributed by atoms with Gasteiger partial charge in [-0.2, -0.15) is 5.10 Å². The van der Waals surface area contributed by atoms with Crippen LogP contribution in [0.1, 0.15) is 42.7 Å². The van der Waals surface area contributed by atoms with E-state index in [-0.39, 0.29) is 17.8 Å². The van der Waals surface area contributed by atoms with Crippen LogP contribution in [0.25, 0.3) is 5.69 Å². The molecule has 1 atom stereocenters.